The Morgan fingerprint density at radius 3 is 2.55 bits per heavy atom. The van der Waals surface area contributed by atoms with Gasteiger partial charge >= 0.3 is 5.97 Å². The number of carbonyl (C=O) groups excluding carboxylic acids is 3. The Balaban J connectivity index is 2.68. The minimum absolute atomic E-state index is 0.0863. The third-order valence-corrected chi connectivity index (χ3v) is 3.05. The van der Waals surface area contributed by atoms with Gasteiger partial charge in [0.25, 0.3) is 0 Å². The second-order valence-corrected chi connectivity index (χ2v) is 5.77. The van der Waals surface area contributed by atoms with Gasteiger partial charge in [-0.3, -0.25) is 14.4 Å². The summed E-state index contributed by atoms with van der Waals surface area (Å²) in [5.41, 5.74) is 0. The highest BCUT2D eigenvalue weighted by Crippen LogP contribution is 2.14. The summed E-state index contributed by atoms with van der Waals surface area (Å²) in [6, 6.07) is -0.752. The van der Waals surface area contributed by atoms with E-state index >= 15 is 0 Å². The van der Waals surface area contributed by atoms with Crippen LogP contribution in [0.25, 0.3) is 0 Å². The average molecular weight is 284 g/mol. The number of rotatable bonds is 5. The first kappa shape index (κ1) is 16.5. The minimum Gasteiger partial charge on any atom is -0.465 e. The van der Waals surface area contributed by atoms with Crippen LogP contribution in [0.4, 0.5) is 0 Å². The van der Waals surface area contributed by atoms with Gasteiger partial charge in [-0.05, 0) is 5.92 Å². The molecule has 1 heterocycles. The summed E-state index contributed by atoms with van der Waals surface area (Å²) in [5, 5.41) is 2.69. The molecule has 1 saturated heterocycles. The molecule has 1 aliphatic rings. The quantitative estimate of drug-likeness (QED) is 0.748. The first-order valence-electron chi connectivity index (χ1n) is 7.06. The van der Waals surface area contributed by atoms with Gasteiger partial charge in [-0.15, -0.1) is 0 Å². The molecule has 0 radical (unpaired) electrons. The van der Waals surface area contributed by atoms with Crippen molar-refractivity contribution in [2.45, 2.75) is 40.2 Å². The van der Waals surface area contributed by atoms with E-state index in [1.165, 1.54) is 4.90 Å². The molecule has 1 aliphatic heterocycles. The predicted octanol–water partition coefficient (Wildman–Crippen LogP) is 0.559. The van der Waals surface area contributed by atoms with Gasteiger partial charge in [0.15, 0.2) is 0 Å². The highest BCUT2D eigenvalue weighted by molar-refractivity contribution is 5.92. The fourth-order valence-corrected chi connectivity index (χ4v) is 1.99. The van der Waals surface area contributed by atoms with E-state index in [0.717, 1.165) is 0 Å². The molecule has 0 aromatic rings. The molecule has 1 atom stereocenters. The summed E-state index contributed by atoms with van der Waals surface area (Å²) >= 11 is 0. The third kappa shape index (κ3) is 4.51. The molecule has 0 unspecified atom stereocenters. The zero-order chi connectivity index (χ0) is 15.3. The molecule has 114 valence electrons. The van der Waals surface area contributed by atoms with Gasteiger partial charge in [0, 0.05) is 19.0 Å². The van der Waals surface area contributed by atoms with Crippen molar-refractivity contribution in [3.05, 3.63) is 0 Å². The number of amides is 2. The van der Waals surface area contributed by atoms with Crippen LogP contribution in [0.5, 0.6) is 0 Å². The zero-order valence-corrected chi connectivity index (χ0v) is 12.6. The third-order valence-electron chi connectivity index (χ3n) is 3.05. The lowest BCUT2D eigenvalue weighted by Crippen LogP contribution is -2.58. The maximum atomic E-state index is 12.1. The van der Waals surface area contributed by atoms with Crippen LogP contribution in [-0.2, 0) is 19.1 Å². The molecular weight excluding hydrogens is 260 g/mol. The number of esters is 1. The molecule has 0 bridgehead atoms. The Morgan fingerprint density at radius 2 is 2.00 bits per heavy atom. The minimum atomic E-state index is -0.752. The SMILES string of the molecule is CC(C)COC(=O)C[C@H]1C(=O)NCCN1C(=O)C(C)C. The summed E-state index contributed by atoms with van der Waals surface area (Å²) in [7, 11) is 0. The van der Waals surface area contributed by atoms with Crippen molar-refractivity contribution in [3.8, 4) is 0 Å². The number of hydrogen-bond donors (Lipinski definition) is 1. The predicted molar refractivity (Wildman–Crippen MR) is 73.8 cm³/mol. The van der Waals surface area contributed by atoms with Crippen LogP contribution in [0.15, 0.2) is 0 Å². The summed E-state index contributed by atoms with van der Waals surface area (Å²) in [6.07, 6.45) is -0.0863. The highest BCUT2D eigenvalue weighted by atomic mass is 16.5. The number of nitrogens with zero attached hydrogens (tertiary/aromatic N) is 1. The van der Waals surface area contributed by atoms with E-state index in [1.54, 1.807) is 13.8 Å². The van der Waals surface area contributed by atoms with Gasteiger partial charge in [-0.2, -0.15) is 0 Å². The van der Waals surface area contributed by atoms with Crippen molar-refractivity contribution < 1.29 is 19.1 Å². The molecular formula is C14H24N2O4. The van der Waals surface area contributed by atoms with Crippen molar-refractivity contribution in [2.24, 2.45) is 11.8 Å². The Bertz CT molecular complexity index is 379. The van der Waals surface area contributed by atoms with Gasteiger partial charge in [0.05, 0.1) is 13.0 Å². The van der Waals surface area contributed by atoms with E-state index in [1.807, 2.05) is 13.8 Å². The number of hydrogen-bond acceptors (Lipinski definition) is 4. The van der Waals surface area contributed by atoms with Gasteiger partial charge in [0.2, 0.25) is 11.8 Å². The van der Waals surface area contributed by atoms with Gasteiger partial charge < -0.3 is 15.0 Å². The average Bonchev–Trinajstić information content (AvgIpc) is 2.37. The number of nitrogens with one attached hydrogen (secondary N) is 1. The number of carbonyl (C=O) groups is 3. The van der Waals surface area contributed by atoms with E-state index in [4.69, 9.17) is 4.74 Å². The lowest BCUT2D eigenvalue weighted by atomic mass is 10.1. The first-order valence-corrected chi connectivity index (χ1v) is 7.06. The molecule has 2 amide bonds. The van der Waals surface area contributed by atoms with Gasteiger partial charge in [-0.1, -0.05) is 27.7 Å². The molecule has 0 aromatic carbocycles. The first-order chi connectivity index (χ1) is 9.32. The van der Waals surface area contributed by atoms with Crippen LogP contribution in [0.3, 0.4) is 0 Å². The monoisotopic (exact) mass is 284 g/mol. The Hall–Kier alpha value is -1.59. The molecule has 0 aliphatic carbocycles. The van der Waals surface area contributed by atoms with Crippen LogP contribution in [0.2, 0.25) is 0 Å². The highest BCUT2D eigenvalue weighted by Gasteiger charge is 2.35. The number of piperazine rings is 1. The van der Waals surface area contributed by atoms with Crippen molar-refractivity contribution >= 4 is 17.8 Å². The Kier molecular flexibility index (Phi) is 5.98. The van der Waals surface area contributed by atoms with Crippen molar-refractivity contribution in [1.29, 1.82) is 0 Å². The van der Waals surface area contributed by atoms with Crippen molar-refractivity contribution in [3.63, 3.8) is 0 Å². The summed E-state index contributed by atoms with van der Waals surface area (Å²) in [5.74, 6) is -0.793. The van der Waals surface area contributed by atoms with Crippen molar-refractivity contribution in [1.82, 2.24) is 10.2 Å². The standard InChI is InChI=1S/C14H24N2O4/c1-9(2)8-20-12(17)7-11-13(18)15-5-6-16(11)14(19)10(3)4/h9-11H,5-8H2,1-4H3,(H,15,18)/t11-/m0/s1. The zero-order valence-electron chi connectivity index (χ0n) is 12.6. The molecule has 0 saturated carbocycles. The molecule has 6 nitrogen and oxygen atoms in total. The van der Waals surface area contributed by atoms with E-state index in [0.29, 0.717) is 19.7 Å². The Morgan fingerprint density at radius 1 is 1.35 bits per heavy atom. The van der Waals surface area contributed by atoms with Crippen LogP contribution in [0, 0.1) is 11.8 Å². The Labute approximate surface area is 119 Å². The summed E-state index contributed by atoms with van der Waals surface area (Å²) in [6.45, 7) is 8.63. The fraction of sp³-hybridized carbons (Fsp3) is 0.786. The van der Waals surface area contributed by atoms with Crippen LogP contribution >= 0.6 is 0 Å². The maximum Gasteiger partial charge on any atom is 0.308 e. The van der Waals surface area contributed by atoms with Gasteiger partial charge in [-0.25, -0.2) is 0 Å². The van der Waals surface area contributed by atoms with Crippen molar-refractivity contribution in [2.75, 3.05) is 19.7 Å². The van der Waals surface area contributed by atoms with Crippen LogP contribution in [-0.4, -0.2) is 48.4 Å². The molecule has 20 heavy (non-hydrogen) atoms. The summed E-state index contributed by atoms with van der Waals surface area (Å²) in [4.78, 5) is 37.2. The maximum absolute atomic E-state index is 12.1. The lowest BCUT2D eigenvalue weighted by molar-refractivity contribution is -0.153. The van der Waals surface area contributed by atoms with Gasteiger partial charge in [0.1, 0.15) is 6.04 Å². The van der Waals surface area contributed by atoms with E-state index in [2.05, 4.69) is 5.32 Å². The second kappa shape index (κ2) is 7.26. The molecule has 1 N–H and O–H groups in total. The number of ether oxygens (including phenoxy) is 1. The molecule has 1 rings (SSSR count). The largest absolute Gasteiger partial charge is 0.465 e. The topological polar surface area (TPSA) is 75.7 Å². The molecule has 1 fully saturated rings. The van der Waals surface area contributed by atoms with E-state index in [-0.39, 0.29) is 30.1 Å². The molecule has 0 aromatic heterocycles. The van der Waals surface area contributed by atoms with Crippen LogP contribution < -0.4 is 5.32 Å². The fourth-order valence-electron chi connectivity index (χ4n) is 1.99. The van der Waals surface area contributed by atoms with E-state index in [9.17, 15) is 14.4 Å². The lowest BCUT2D eigenvalue weighted by Gasteiger charge is -2.35. The second-order valence-electron chi connectivity index (χ2n) is 5.77. The molecule has 0 spiro atoms. The van der Waals surface area contributed by atoms with Crippen LogP contribution in [0.1, 0.15) is 34.1 Å². The van der Waals surface area contributed by atoms with E-state index < -0.39 is 12.0 Å². The molecule has 6 heteroatoms. The summed E-state index contributed by atoms with van der Waals surface area (Å²) < 4.78 is 5.09. The smallest absolute Gasteiger partial charge is 0.308 e. The normalized spacial score (nSPS) is 19.2.